The van der Waals surface area contributed by atoms with Crippen LogP contribution in [0.2, 0.25) is 0 Å². The summed E-state index contributed by atoms with van der Waals surface area (Å²) in [7, 11) is -0.424. The van der Waals surface area contributed by atoms with Crippen molar-refractivity contribution in [2.45, 2.75) is 37.8 Å². The molecule has 152 valence electrons. The molecule has 10 heteroatoms. The summed E-state index contributed by atoms with van der Waals surface area (Å²) >= 11 is 0. The minimum absolute atomic E-state index is 0.212. The van der Waals surface area contributed by atoms with E-state index >= 15 is 0 Å². The highest BCUT2D eigenvalue weighted by Gasteiger charge is 2.15. The predicted octanol–water partition coefficient (Wildman–Crippen LogP) is 0.784. The van der Waals surface area contributed by atoms with Gasteiger partial charge in [0.1, 0.15) is 5.60 Å². The van der Waals surface area contributed by atoms with Gasteiger partial charge < -0.3 is 20.7 Å². The molecule has 0 aliphatic carbocycles. The zero-order chi connectivity index (χ0) is 20.5. The number of aliphatic imine (C=N–C) groups is 1. The molecule has 0 bridgehead atoms. The van der Waals surface area contributed by atoms with E-state index in [2.05, 4.69) is 25.7 Å². The maximum absolute atomic E-state index is 11.7. The first-order valence-corrected chi connectivity index (χ1v) is 9.99. The third kappa shape index (κ3) is 8.74. The Hall–Kier alpha value is -2.33. The Labute approximate surface area is 161 Å². The van der Waals surface area contributed by atoms with Gasteiger partial charge in [-0.1, -0.05) is 12.1 Å². The number of guanidine groups is 1. The molecule has 0 aromatic heterocycles. The van der Waals surface area contributed by atoms with Crippen molar-refractivity contribution in [2.75, 3.05) is 27.2 Å². The second kappa shape index (κ2) is 10.1. The largest absolute Gasteiger partial charge is 0.444 e. The van der Waals surface area contributed by atoms with Crippen molar-refractivity contribution in [1.82, 2.24) is 20.7 Å². The van der Waals surface area contributed by atoms with Crippen LogP contribution in [0.1, 0.15) is 26.3 Å². The number of carbonyl (C=O) groups excluding carboxylic acids is 1. The molecule has 0 fully saturated rings. The lowest BCUT2D eigenvalue weighted by atomic mass is 10.2. The zero-order valence-electron chi connectivity index (χ0n) is 16.4. The van der Waals surface area contributed by atoms with Crippen LogP contribution in [-0.2, 0) is 21.3 Å². The van der Waals surface area contributed by atoms with Crippen molar-refractivity contribution in [1.29, 1.82) is 0 Å². The molecule has 0 spiro atoms. The monoisotopic (exact) mass is 399 g/mol. The number of nitrogens with one attached hydrogen (secondary N) is 4. The van der Waals surface area contributed by atoms with Gasteiger partial charge in [-0.25, -0.2) is 17.9 Å². The van der Waals surface area contributed by atoms with E-state index in [9.17, 15) is 13.2 Å². The van der Waals surface area contributed by atoms with Crippen molar-refractivity contribution < 1.29 is 17.9 Å². The van der Waals surface area contributed by atoms with Crippen LogP contribution in [0.3, 0.4) is 0 Å². The van der Waals surface area contributed by atoms with E-state index in [1.54, 1.807) is 52.1 Å². The Bertz CT molecular complexity index is 740. The first-order valence-electron chi connectivity index (χ1n) is 8.51. The van der Waals surface area contributed by atoms with Gasteiger partial charge in [-0.2, -0.15) is 0 Å². The number of hydrogen-bond donors (Lipinski definition) is 4. The van der Waals surface area contributed by atoms with Crippen LogP contribution in [0.5, 0.6) is 0 Å². The van der Waals surface area contributed by atoms with E-state index in [1.807, 2.05) is 0 Å². The fourth-order valence-corrected chi connectivity index (χ4v) is 2.70. The summed E-state index contributed by atoms with van der Waals surface area (Å²) in [5, 5.41) is 8.83. The van der Waals surface area contributed by atoms with E-state index in [4.69, 9.17) is 4.74 Å². The number of nitrogens with zero attached hydrogens (tertiary/aromatic N) is 1. The average Bonchev–Trinajstić information content (AvgIpc) is 2.60. The Balaban J connectivity index is 2.39. The van der Waals surface area contributed by atoms with Crippen LogP contribution < -0.4 is 20.7 Å². The molecule has 0 saturated carbocycles. The number of amides is 1. The van der Waals surface area contributed by atoms with Crippen LogP contribution >= 0.6 is 0 Å². The second-order valence-electron chi connectivity index (χ2n) is 6.63. The fraction of sp³-hybridized carbons (Fsp3) is 0.529. The van der Waals surface area contributed by atoms with Gasteiger partial charge in [0.15, 0.2) is 5.96 Å². The highest BCUT2D eigenvalue weighted by atomic mass is 32.2. The molecule has 0 heterocycles. The number of alkyl carbamates (subject to hydrolysis) is 1. The van der Waals surface area contributed by atoms with Crippen LogP contribution in [0, 0.1) is 0 Å². The van der Waals surface area contributed by atoms with Crippen LogP contribution in [0.15, 0.2) is 34.2 Å². The Morgan fingerprint density at radius 2 is 1.67 bits per heavy atom. The van der Waals surface area contributed by atoms with Crippen molar-refractivity contribution in [2.24, 2.45) is 4.99 Å². The Kier molecular flexibility index (Phi) is 8.51. The first kappa shape index (κ1) is 22.7. The summed E-state index contributed by atoms with van der Waals surface area (Å²) in [4.78, 5) is 15.9. The third-order valence-electron chi connectivity index (χ3n) is 3.27. The summed E-state index contributed by atoms with van der Waals surface area (Å²) in [6.07, 6.45) is -0.469. The van der Waals surface area contributed by atoms with Gasteiger partial charge in [0.25, 0.3) is 0 Å². The van der Waals surface area contributed by atoms with Gasteiger partial charge in [0.2, 0.25) is 10.0 Å². The van der Waals surface area contributed by atoms with Crippen LogP contribution in [-0.4, -0.2) is 53.3 Å². The molecule has 0 aliphatic rings. The van der Waals surface area contributed by atoms with E-state index in [0.717, 1.165) is 5.56 Å². The van der Waals surface area contributed by atoms with E-state index < -0.39 is 21.7 Å². The lowest BCUT2D eigenvalue weighted by Crippen LogP contribution is -2.42. The van der Waals surface area contributed by atoms with Gasteiger partial charge in [-0.15, -0.1) is 0 Å². The van der Waals surface area contributed by atoms with Crippen molar-refractivity contribution >= 4 is 22.1 Å². The van der Waals surface area contributed by atoms with Crippen LogP contribution in [0.4, 0.5) is 4.79 Å². The van der Waals surface area contributed by atoms with Crippen molar-refractivity contribution in [3.63, 3.8) is 0 Å². The number of benzene rings is 1. The predicted molar refractivity (Wildman–Crippen MR) is 105 cm³/mol. The van der Waals surface area contributed by atoms with Gasteiger partial charge in [-0.05, 0) is 45.5 Å². The molecule has 1 rings (SSSR count). The quantitative estimate of drug-likeness (QED) is 0.306. The van der Waals surface area contributed by atoms with Crippen molar-refractivity contribution in [3.05, 3.63) is 29.8 Å². The molecule has 0 saturated heterocycles. The molecule has 0 unspecified atom stereocenters. The van der Waals surface area contributed by atoms with Crippen LogP contribution in [0.25, 0.3) is 0 Å². The summed E-state index contributed by atoms with van der Waals surface area (Å²) < 4.78 is 30.8. The molecule has 0 aliphatic heterocycles. The minimum Gasteiger partial charge on any atom is -0.444 e. The molecule has 1 aromatic rings. The second-order valence-corrected chi connectivity index (χ2v) is 8.52. The number of hydrogen-bond acceptors (Lipinski definition) is 5. The molecule has 0 atom stereocenters. The molecule has 1 aromatic carbocycles. The molecular weight excluding hydrogens is 370 g/mol. The lowest BCUT2D eigenvalue weighted by Gasteiger charge is -2.20. The molecule has 9 nitrogen and oxygen atoms in total. The summed E-state index contributed by atoms with van der Waals surface area (Å²) in [5.41, 5.74) is 0.372. The van der Waals surface area contributed by atoms with Gasteiger partial charge in [0.05, 0.1) is 4.90 Å². The normalized spacial score (nSPS) is 12.4. The van der Waals surface area contributed by atoms with E-state index in [1.165, 1.54) is 7.05 Å². The number of ether oxygens (including phenoxy) is 1. The van der Waals surface area contributed by atoms with Gasteiger partial charge in [-0.3, -0.25) is 4.99 Å². The van der Waals surface area contributed by atoms with Gasteiger partial charge in [0, 0.05) is 26.7 Å². The maximum atomic E-state index is 11.7. The maximum Gasteiger partial charge on any atom is 0.407 e. The lowest BCUT2D eigenvalue weighted by molar-refractivity contribution is 0.0529. The third-order valence-corrected chi connectivity index (χ3v) is 4.70. The number of sulfonamides is 1. The topological polar surface area (TPSA) is 121 Å². The SMILES string of the molecule is CN=C(NCCNC(=O)OC(C)(C)C)NCc1ccc(S(=O)(=O)NC)cc1. The molecular formula is C17H29N5O4S. The van der Waals surface area contributed by atoms with E-state index in [0.29, 0.717) is 25.6 Å². The highest BCUT2D eigenvalue weighted by Crippen LogP contribution is 2.10. The van der Waals surface area contributed by atoms with Gasteiger partial charge >= 0.3 is 6.09 Å². The standard InChI is InChI=1S/C17H29N5O4S/c1-17(2,3)26-16(23)21-11-10-20-15(18-4)22-12-13-6-8-14(9-7-13)27(24,25)19-5/h6-9,19H,10-12H2,1-5H3,(H,21,23)(H2,18,20,22). The zero-order valence-corrected chi connectivity index (χ0v) is 17.2. The molecule has 27 heavy (non-hydrogen) atoms. The Morgan fingerprint density at radius 1 is 1.07 bits per heavy atom. The summed E-state index contributed by atoms with van der Waals surface area (Å²) in [5.74, 6) is 0.563. The van der Waals surface area contributed by atoms with E-state index in [-0.39, 0.29) is 4.90 Å². The molecule has 1 amide bonds. The minimum atomic E-state index is -3.44. The number of carbonyl (C=O) groups is 1. The first-order chi connectivity index (χ1) is 12.6. The Morgan fingerprint density at radius 3 is 2.19 bits per heavy atom. The summed E-state index contributed by atoms with van der Waals surface area (Å²) in [6.45, 7) is 6.73. The summed E-state index contributed by atoms with van der Waals surface area (Å²) in [6, 6.07) is 6.55. The smallest absolute Gasteiger partial charge is 0.407 e. The molecule has 4 N–H and O–H groups in total. The highest BCUT2D eigenvalue weighted by molar-refractivity contribution is 7.89. The average molecular weight is 400 g/mol. The number of rotatable bonds is 7. The fourth-order valence-electron chi connectivity index (χ4n) is 1.97. The molecule has 0 radical (unpaired) electrons. The van der Waals surface area contributed by atoms with Crippen molar-refractivity contribution in [3.8, 4) is 0 Å².